The number of benzene rings is 1. The molecule has 2 nitrogen and oxygen atoms in total. The summed E-state index contributed by atoms with van der Waals surface area (Å²) in [6, 6.07) is 8.28. The zero-order valence-electron chi connectivity index (χ0n) is 14.7. The average molecular weight is 306 g/mol. The fourth-order valence-corrected chi connectivity index (χ4v) is 2.56. The maximum absolute atomic E-state index is 9.97. The van der Waals surface area contributed by atoms with Crippen LogP contribution in [0.3, 0.4) is 0 Å². The molecule has 0 aromatic heterocycles. The number of rotatable bonds is 12. The Labute approximate surface area is 136 Å². The third-order valence-corrected chi connectivity index (χ3v) is 4.39. The average Bonchev–Trinajstić information content (AvgIpc) is 2.56. The van der Waals surface area contributed by atoms with Crippen molar-refractivity contribution in [3.05, 3.63) is 29.8 Å². The van der Waals surface area contributed by atoms with Crippen LogP contribution >= 0.6 is 0 Å². The lowest BCUT2D eigenvalue weighted by molar-refractivity contribution is 0.0974. The van der Waals surface area contributed by atoms with Crippen LogP contribution in [0.4, 0.5) is 0 Å². The van der Waals surface area contributed by atoms with Crippen molar-refractivity contribution in [1.29, 1.82) is 0 Å². The molecule has 0 saturated carbocycles. The van der Waals surface area contributed by atoms with Crippen molar-refractivity contribution >= 4 is 0 Å². The number of aliphatic hydroxyl groups excluding tert-OH is 1. The van der Waals surface area contributed by atoms with Crippen LogP contribution in [0.25, 0.3) is 0 Å². The lowest BCUT2D eigenvalue weighted by Crippen LogP contribution is -2.17. The molecule has 0 aliphatic heterocycles. The molecule has 2 atom stereocenters. The molecule has 0 spiro atoms. The topological polar surface area (TPSA) is 29.5 Å². The highest BCUT2D eigenvalue weighted by Gasteiger charge is 2.06. The van der Waals surface area contributed by atoms with E-state index < -0.39 is 0 Å². The molecule has 1 aromatic rings. The van der Waals surface area contributed by atoms with Gasteiger partial charge in [-0.05, 0) is 36.5 Å². The molecule has 0 heterocycles. The number of ether oxygens (including phenoxy) is 1. The summed E-state index contributed by atoms with van der Waals surface area (Å²) >= 11 is 0. The van der Waals surface area contributed by atoms with E-state index in [0.717, 1.165) is 25.0 Å². The van der Waals surface area contributed by atoms with Crippen LogP contribution in [-0.4, -0.2) is 17.8 Å². The molecule has 0 saturated heterocycles. The second-order valence-electron chi connectivity index (χ2n) is 6.40. The van der Waals surface area contributed by atoms with E-state index in [-0.39, 0.29) is 6.10 Å². The van der Waals surface area contributed by atoms with Gasteiger partial charge in [0.15, 0.2) is 0 Å². The Balaban J connectivity index is 2.16. The van der Waals surface area contributed by atoms with Crippen LogP contribution in [0.15, 0.2) is 24.3 Å². The van der Waals surface area contributed by atoms with Crippen molar-refractivity contribution in [3.63, 3.8) is 0 Å². The molecular formula is C20H34O2. The van der Waals surface area contributed by atoms with Gasteiger partial charge in [0.05, 0.1) is 6.10 Å². The Morgan fingerprint density at radius 2 is 1.59 bits per heavy atom. The summed E-state index contributed by atoms with van der Waals surface area (Å²) in [6.45, 7) is 7.07. The molecule has 1 aromatic carbocycles. The van der Waals surface area contributed by atoms with Gasteiger partial charge in [0.2, 0.25) is 0 Å². The summed E-state index contributed by atoms with van der Waals surface area (Å²) in [7, 11) is 0. The highest BCUT2D eigenvalue weighted by atomic mass is 16.5. The molecule has 2 heteroatoms. The van der Waals surface area contributed by atoms with Gasteiger partial charge in [0.1, 0.15) is 12.4 Å². The highest BCUT2D eigenvalue weighted by Crippen LogP contribution is 2.21. The van der Waals surface area contributed by atoms with E-state index in [9.17, 15) is 5.11 Å². The quantitative estimate of drug-likeness (QED) is 0.503. The molecule has 22 heavy (non-hydrogen) atoms. The van der Waals surface area contributed by atoms with Crippen molar-refractivity contribution in [1.82, 2.24) is 0 Å². The van der Waals surface area contributed by atoms with Gasteiger partial charge in [-0.25, -0.2) is 0 Å². The molecule has 0 aliphatic carbocycles. The first kappa shape index (κ1) is 19.0. The summed E-state index contributed by atoms with van der Waals surface area (Å²) in [5, 5.41) is 9.97. The predicted octanol–water partition coefficient (Wildman–Crippen LogP) is 5.69. The predicted molar refractivity (Wildman–Crippen MR) is 94.6 cm³/mol. The van der Waals surface area contributed by atoms with Gasteiger partial charge in [-0.1, -0.05) is 71.4 Å². The summed E-state index contributed by atoms with van der Waals surface area (Å²) in [5.41, 5.74) is 1.35. The minimum absolute atomic E-state index is 0.347. The molecule has 0 fully saturated rings. The van der Waals surface area contributed by atoms with E-state index in [1.807, 2.05) is 12.1 Å². The van der Waals surface area contributed by atoms with Crippen LogP contribution in [0.5, 0.6) is 5.75 Å². The Kier molecular flexibility index (Phi) is 9.98. The number of hydrogen-bond acceptors (Lipinski definition) is 2. The Morgan fingerprint density at radius 3 is 2.23 bits per heavy atom. The van der Waals surface area contributed by atoms with E-state index in [1.54, 1.807) is 0 Å². The van der Waals surface area contributed by atoms with Gasteiger partial charge >= 0.3 is 0 Å². The van der Waals surface area contributed by atoms with Crippen molar-refractivity contribution in [2.75, 3.05) is 6.61 Å². The minimum Gasteiger partial charge on any atom is -0.491 e. The molecule has 126 valence electrons. The Morgan fingerprint density at radius 1 is 0.955 bits per heavy atom. The fraction of sp³-hybridized carbons (Fsp3) is 0.700. The molecular weight excluding hydrogens is 272 g/mol. The summed E-state index contributed by atoms with van der Waals surface area (Å²) < 4.78 is 5.68. The van der Waals surface area contributed by atoms with E-state index >= 15 is 0 Å². The molecule has 0 amide bonds. The second-order valence-corrected chi connectivity index (χ2v) is 6.40. The SMILES string of the molecule is CCCCCCCCC(O)COc1ccc(C(C)CC)cc1. The molecule has 2 unspecified atom stereocenters. The zero-order valence-corrected chi connectivity index (χ0v) is 14.7. The standard InChI is InChI=1S/C20H34O2/c1-4-6-7-8-9-10-11-19(21)16-22-20-14-12-18(13-15-20)17(3)5-2/h12-15,17,19,21H,4-11,16H2,1-3H3. The third kappa shape index (κ3) is 7.84. The Bertz CT molecular complexity index is 372. The smallest absolute Gasteiger partial charge is 0.119 e. The molecule has 1 rings (SSSR count). The third-order valence-electron chi connectivity index (χ3n) is 4.39. The molecule has 1 N–H and O–H groups in total. The van der Waals surface area contributed by atoms with Gasteiger partial charge in [-0.3, -0.25) is 0 Å². The normalized spacial score (nSPS) is 13.8. The van der Waals surface area contributed by atoms with Crippen molar-refractivity contribution in [3.8, 4) is 5.75 Å². The lowest BCUT2D eigenvalue weighted by Gasteiger charge is -2.14. The number of hydrogen-bond donors (Lipinski definition) is 1. The zero-order chi connectivity index (χ0) is 16.2. The summed E-state index contributed by atoms with van der Waals surface area (Å²) in [5.74, 6) is 1.45. The van der Waals surface area contributed by atoms with Gasteiger partial charge in [0.25, 0.3) is 0 Å². The fourth-order valence-electron chi connectivity index (χ4n) is 2.56. The number of unbranched alkanes of at least 4 members (excludes halogenated alkanes) is 5. The van der Waals surface area contributed by atoms with Crippen molar-refractivity contribution < 1.29 is 9.84 Å². The van der Waals surface area contributed by atoms with Crippen molar-refractivity contribution in [2.24, 2.45) is 0 Å². The van der Waals surface area contributed by atoms with E-state index in [0.29, 0.717) is 12.5 Å². The van der Waals surface area contributed by atoms with Crippen LogP contribution in [-0.2, 0) is 0 Å². The van der Waals surface area contributed by atoms with Gasteiger partial charge < -0.3 is 9.84 Å². The Hall–Kier alpha value is -1.02. The van der Waals surface area contributed by atoms with E-state index in [2.05, 4.69) is 32.9 Å². The van der Waals surface area contributed by atoms with Crippen LogP contribution in [0, 0.1) is 0 Å². The van der Waals surface area contributed by atoms with Gasteiger partial charge in [-0.15, -0.1) is 0 Å². The first-order valence-corrected chi connectivity index (χ1v) is 9.08. The van der Waals surface area contributed by atoms with Gasteiger partial charge in [0, 0.05) is 0 Å². The highest BCUT2D eigenvalue weighted by molar-refractivity contribution is 5.29. The van der Waals surface area contributed by atoms with Gasteiger partial charge in [-0.2, -0.15) is 0 Å². The molecule has 0 bridgehead atoms. The monoisotopic (exact) mass is 306 g/mol. The lowest BCUT2D eigenvalue weighted by atomic mass is 9.99. The van der Waals surface area contributed by atoms with E-state index in [1.165, 1.54) is 37.7 Å². The second kappa shape index (κ2) is 11.5. The molecule has 0 radical (unpaired) electrons. The van der Waals surface area contributed by atoms with Crippen LogP contribution in [0.1, 0.15) is 83.6 Å². The number of aliphatic hydroxyl groups is 1. The van der Waals surface area contributed by atoms with Crippen LogP contribution in [0.2, 0.25) is 0 Å². The maximum Gasteiger partial charge on any atom is 0.119 e. The maximum atomic E-state index is 9.97. The summed E-state index contributed by atoms with van der Waals surface area (Å²) in [6.07, 6.45) is 9.20. The van der Waals surface area contributed by atoms with E-state index in [4.69, 9.17) is 4.74 Å². The molecule has 0 aliphatic rings. The first-order chi connectivity index (χ1) is 10.7. The summed E-state index contributed by atoms with van der Waals surface area (Å²) in [4.78, 5) is 0. The van der Waals surface area contributed by atoms with Crippen LogP contribution < -0.4 is 4.74 Å². The van der Waals surface area contributed by atoms with Crippen molar-refractivity contribution in [2.45, 2.75) is 84.2 Å². The first-order valence-electron chi connectivity index (χ1n) is 9.08. The largest absolute Gasteiger partial charge is 0.491 e. The minimum atomic E-state index is -0.347.